The molecule has 4 heteroatoms. The van der Waals surface area contributed by atoms with E-state index < -0.39 is 10.7 Å². The summed E-state index contributed by atoms with van der Waals surface area (Å²) in [5.74, 6) is -1.01. The van der Waals surface area contributed by atoms with Crippen LogP contribution in [0, 0.1) is 0 Å². The molecule has 1 aromatic rings. The maximum Gasteiger partial charge on any atom is 0.332 e. The molecule has 0 fully saturated rings. The summed E-state index contributed by atoms with van der Waals surface area (Å²) in [5.41, 5.74) is 0. The van der Waals surface area contributed by atoms with E-state index in [1.807, 2.05) is 30.3 Å². The standard InChI is InChI=1S/C8H7ClO2S/c9-7(8(10)11)12-6-4-2-1-3-5-6/h1-5,7H,(H,10,11). The van der Waals surface area contributed by atoms with Crippen molar-refractivity contribution < 1.29 is 9.90 Å². The summed E-state index contributed by atoms with van der Waals surface area (Å²) in [7, 11) is 0. The molecule has 0 spiro atoms. The van der Waals surface area contributed by atoms with Gasteiger partial charge in [-0.3, -0.25) is 0 Å². The molecule has 0 aliphatic rings. The number of hydrogen-bond acceptors (Lipinski definition) is 2. The van der Waals surface area contributed by atoms with E-state index >= 15 is 0 Å². The Morgan fingerprint density at radius 1 is 1.42 bits per heavy atom. The molecule has 0 aliphatic carbocycles. The molecule has 1 unspecified atom stereocenters. The Kier molecular flexibility index (Phi) is 3.44. The summed E-state index contributed by atoms with van der Waals surface area (Å²) < 4.78 is -0.910. The van der Waals surface area contributed by atoms with E-state index in [-0.39, 0.29) is 0 Å². The Morgan fingerprint density at radius 2 is 2.00 bits per heavy atom. The number of benzene rings is 1. The lowest BCUT2D eigenvalue weighted by Gasteiger charge is -2.02. The van der Waals surface area contributed by atoms with Gasteiger partial charge in [0.25, 0.3) is 0 Å². The summed E-state index contributed by atoms with van der Waals surface area (Å²) >= 11 is 6.63. The van der Waals surface area contributed by atoms with Crippen molar-refractivity contribution >= 4 is 29.3 Å². The van der Waals surface area contributed by atoms with Gasteiger partial charge in [-0.2, -0.15) is 0 Å². The van der Waals surface area contributed by atoms with Crippen molar-refractivity contribution in [3.63, 3.8) is 0 Å². The second-order valence-electron chi connectivity index (χ2n) is 2.09. The third kappa shape index (κ3) is 2.75. The SMILES string of the molecule is O=C(O)C(Cl)Sc1ccccc1. The van der Waals surface area contributed by atoms with Crippen LogP contribution >= 0.6 is 23.4 Å². The quantitative estimate of drug-likeness (QED) is 0.604. The Balaban J connectivity index is 2.58. The second-order valence-corrected chi connectivity index (χ2v) is 3.96. The number of aliphatic carboxylic acids is 1. The fourth-order valence-corrected chi connectivity index (χ4v) is 1.63. The minimum Gasteiger partial charge on any atom is -0.480 e. The van der Waals surface area contributed by atoms with Gasteiger partial charge in [-0.25, -0.2) is 4.79 Å². The highest BCUT2D eigenvalue weighted by atomic mass is 35.5. The van der Waals surface area contributed by atoms with Crippen molar-refractivity contribution in [3.8, 4) is 0 Å². The molecular formula is C8H7ClO2S. The third-order valence-corrected chi connectivity index (χ3v) is 2.58. The van der Waals surface area contributed by atoms with Crippen molar-refractivity contribution in [2.24, 2.45) is 0 Å². The van der Waals surface area contributed by atoms with E-state index in [0.717, 1.165) is 16.7 Å². The molecule has 0 saturated carbocycles. The molecule has 0 heterocycles. The number of halogens is 1. The average Bonchev–Trinajstić information content (AvgIpc) is 2.06. The zero-order chi connectivity index (χ0) is 8.97. The summed E-state index contributed by atoms with van der Waals surface area (Å²) in [5, 5.41) is 8.49. The molecule has 1 rings (SSSR count). The Bertz CT molecular complexity index is 263. The first kappa shape index (κ1) is 9.42. The van der Waals surface area contributed by atoms with Gasteiger partial charge in [0.05, 0.1) is 0 Å². The van der Waals surface area contributed by atoms with Crippen molar-refractivity contribution in [1.82, 2.24) is 0 Å². The van der Waals surface area contributed by atoms with Crippen LogP contribution in [0.15, 0.2) is 35.2 Å². The smallest absolute Gasteiger partial charge is 0.332 e. The molecule has 2 nitrogen and oxygen atoms in total. The largest absolute Gasteiger partial charge is 0.480 e. The summed E-state index contributed by atoms with van der Waals surface area (Å²) in [6.45, 7) is 0. The first-order chi connectivity index (χ1) is 5.70. The Hall–Kier alpha value is -0.670. The lowest BCUT2D eigenvalue weighted by molar-refractivity contribution is -0.134. The van der Waals surface area contributed by atoms with Gasteiger partial charge in [-0.15, -0.1) is 0 Å². The molecule has 1 aromatic carbocycles. The fraction of sp³-hybridized carbons (Fsp3) is 0.125. The second kappa shape index (κ2) is 4.38. The van der Waals surface area contributed by atoms with Crippen LogP contribution in [0.2, 0.25) is 0 Å². The normalized spacial score (nSPS) is 12.4. The minimum atomic E-state index is -1.01. The molecule has 0 saturated heterocycles. The summed E-state index contributed by atoms with van der Waals surface area (Å²) in [6.07, 6.45) is 0. The van der Waals surface area contributed by atoms with Crippen molar-refractivity contribution in [1.29, 1.82) is 0 Å². The predicted octanol–water partition coefficient (Wildman–Crippen LogP) is 2.43. The molecular weight excluding hydrogens is 196 g/mol. The van der Waals surface area contributed by atoms with Gasteiger partial charge in [0.2, 0.25) is 0 Å². The van der Waals surface area contributed by atoms with Gasteiger partial charge >= 0.3 is 5.97 Å². The van der Waals surface area contributed by atoms with E-state index in [9.17, 15) is 4.79 Å². The van der Waals surface area contributed by atoms with Gasteiger partial charge in [-0.1, -0.05) is 41.6 Å². The van der Waals surface area contributed by atoms with E-state index in [2.05, 4.69) is 0 Å². The van der Waals surface area contributed by atoms with Gasteiger partial charge in [-0.05, 0) is 12.1 Å². The van der Waals surface area contributed by atoms with Crippen LogP contribution < -0.4 is 0 Å². The number of alkyl halides is 1. The Labute approximate surface area is 79.5 Å². The summed E-state index contributed by atoms with van der Waals surface area (Å²) in [6, 6.07) is 9.20. The van der Waals surface area contributed by atoms with Crippen LogP contribution in [0.4, 0.5) is 0 Å². The number of rotatable bonds is 3. The molecule has 0 aromatic heterocycles. The van der Waals surface area contributed by atoms with E-state index in [1.165, 1.54) is 0 Å². The molecule has 0 aliphatic heterocycles. The number of carbonyl (C=O) groups is 1. The first-order valence-electron chi connectivity index (χ1n) is 3.29. The van der Waals surface area contributed by atoms with Crippen molar-refractivity contribution in [3.05, 3.63) is 30.3 Å². The molecule has 1 N–H and O–H groups in total. The topological polar surface area (TPSA) is 37.3 Å². The maximum atomic E-state index is 10.4. The van der Waals surface area contributed by atoms with Crippen LogP contribution in [0.3, 0.4) is 0 Å². The van der Waals surface area contributed by atoms with Crippen molar-refractivity contribution in [2.75, 3.05) is 0 Å². The summed E-state index contributed by atoms with van der Waals surface area (Å²) in [4.78, 5) is 11.2. The number of carboxylic acids is 1. The van der Waals surface area contributed by atoms with Gasteiger partial charge in [0.1, 0.15) is 0 Å². The number of carboxylic acid groups (broad SMARTS) is 1. The molecule has 0 bridgehead atoms. The molecule has 0 radical (unpaired) electrons. The van der Waals surface area contributed by atoms with E-state index in [4.69, 9.17) is 16.7 Å². The van der Waals surface area contributed by atoms with Gasteiger partial charge in [0.15, 0.2) is 4.71 Å². The van der Waals surface area contributed by atoms with E-state index in [1.54, 1.807) is 0 Å². The first-order valence-corrected chi connectivity index (χ1v) is 4.60. The number of thioether (sulfide) groups is 1. The van der Waals surface area contributed by atoms with Gasteiger partial charge < -0.3 is 5.11 Å². The zero-order valence-electron chi connectivity index (χ0n) is 6.11. The molecule has 0 amide bonds. The Morgan fingerprint density at radius 3 is 2.50 bits per heavy atom. The van der Waals surface area contributed by atoms with Crippen molar-refractivity contribution in [2.45, 2.75) is 9.60 Å². The highest BCUT2D eigenvalue weighted by Crippen LogP contribution is 2.25. The van der Waals surface area contributed by atoms with Crippen LogP contribution in [-0.2, 0) is 4.79 Å². The van der Waals surface area contributed by atoms with Crippen LogP contribution in [0.5, 0.6) is 0 Å². The van der Waals surface area contributed by atoms with E-state index in [0.29, 0.717) is 0 Å². The highest BCUT2D eigenvalue weighted by Gasteiger charge is 2.13. The molecule has 64 valence electrons. The maximum absolute atomic E-state index is 10.4. The lowest BCUT2D eigenvalue weighted by Crippen LogP contribution is -2.07. The average molecular weight is 203 g/mol. The lowest BCUT2D eigenvalue weighted by atomic mass is 10.4. The minimum absolute atomic E-state index is 0.861. The fourth-order valence-electron chi connectivity index (χ4n) is 0.669. The monoisotopic (exact) mass is 202 g/mol. The van der Waals surface area contributed by atoms with Crippen LogP contribution in [-0.4, -0.2) is 15.8 Å². The highest BCUT2D eigenvalue weighted by molar-refractivity contribution is 8.01. The van der Waals surface area contributed by atoms with Crippen LogP contribution in [0.1, 0.15) is 0 Å². The molecule has 1 atom stereocenters. The van der Waals surface area contributed by atoms with Crippen LogP contribution in [0.25, 0.3) is 0 Å². The third-order valence-electron chi connectivity index (χ3n) is 1.18. The molecule has 12 heavy (non-hydrogen) atoms. The predicted molar refractivity (Wildman–Crippen MR) is 49.6 cm³/mol. The van der Waals surface area contributed by atoms with Gasteiger partial charge in [0, 0.05) is 4.90 Å². The zero-order valence-corrected chi connectivity index (χ0v) is 7.68. The number of hydrogen-bond donors (Lipinski definition) is 1.